The second kappa shape index (κ2) is 5.57. The first-order valence-corrected chi connectivity index (χ1v) is 7.80. The van der Waals surface area contributed by atoms with Gasteiger partial charge in [0.25, 0.3) is 5.91 Å². The van der Waals surface area contributed by atoms with Gasteiger partial charge in [0.05, 0.1) is 0 Å². The summed E-state index contributed by atoms with van der Waals surface area (Å²) in [7, 11) is 0. The molecule has 108 valence electrons. The van der Waals surface area contributed by atoms with Gasteiger partial charge in [0.15, 0.2) is 0 Å². The lowest BCUT2D eigenvalue weighted by Crippen LogP contribution is -2.59. The molecule has 1 N–H and O–H groups in total. The van der Waals surface area contributed by atoms with Crippen LogP contribution < -0.4 is 5.32 Å². The molecule has 0 bridgehead atoms. The summed E-state index contributed by atoms with van der Waals surface area (Å²) in [6.45, 7) is 4.93. The predicted octanol–water partition coefficient (Wildman–Crippen LogP) is 2.74. The zero-order chi connectivity index (χ0) is 14.0. The molecule has 3 rings (SSSR count). The Bertz CT molecular complexity index is 469. The molecule has 0 radical (unpaired) electrons. The zero-order valence-electron chi connectivity index (χ0n) is 12.3. The summed E-state index contributed by atoms with van der Waals surface area (Å²) in [4.78, 5) is 14.7. The van der Waals surface area contributed by atoms with E-state index in [1.807, 2.05) is 29.2 Å². The molecular formula is C17H24N2O. The number of likely N-dealkylation sites (tertiary alicyclic amines) is 1. The van der Waals surface area contributed by atoms with Crippen LogP contribution in [-0.2, 0) is 0 Å². The molecule has 1 unspecified atom stereocenters. The van der Waals surface area contributed by atoms with Crippen molar-refractivity contribution < 1.29 is 4.79 Å². The number of hydrogen-bond acceptors (Lipinski definition) is 2. The van der Waals surface area contributed by atoms with Crippen molar-refractivity contribution >= 4 is 5.91 Å². The molecule has 1 spiro atoms. The molecule has 1 atom stereocenters. The van der Waals surface area contributed by atoms with E-state index >= 15 is 0 Å². The summed E-state index contributed by atoms with van der Waals surface area (Å²) in [5.41, 5.74) is 2.21. The van der Waals surface area contributed by atoms with Gasteiger partial charge in [-0.15, -0.1) is 0 Å². The topological polar surface area (TPSA) is 32.3 Å². The number of benzene rings is 1. The van der Waals surface area contributed by atoms with Gasteiger partial charge in [-0.1, -0.05) is 24.1 Å². The standard InChI is InChI=1S/C17H24N2O/c1-14-5-7-15(8-6-14)16(20)19-12-4-10-17(13-19)9-2-3-11-18-17/h5-8,18H,2-4,9-13H2,1H3. The third-order valence-electron chi connectivity index (χ3n) is 4.74. The van der Waals surface area contributed by atoms with E-state index in [2.05, 4.69) is 12.2 Å². The Morgan fingerprint density at radius 3 is 2.60 bits per heavy atom. The fourth-order valence-corrected chi connectivity index (χ4v) is 3.56. The van der Waals surface area contributed by atoms with Gasteiger partial charge in [-0.25, -0.2) is 0 Å². The second-order valence-electron chi connectivity index (χ2n) is 6.36. The van der Waals surface area contributed by atoms with Crippen LogP contribution in [0.25, 0.3) is 0 Å². The molecule has 2 fully saturated rings. The van der Waals surface area contributed by atoms with Gasteiger partial charge < -0.3 is 10.2 Å². The van der Waals surface area contributed by atoms with Crippen LogP contribution in [0.5, 0.6) is 0 Å². The highest BCUT2D eigenvalue weighted by Gasteiger charge is 2.37. The predicted molar refractivity (Wildman–Crippen MR) is 80.9 cm³/mol. The summed E-state index contributed by atoms with van der Waals surface area (Å²) in [6, 6.07) is 7.94. The monoisotopic (exact) mass is 272 g/mol. The fourth-order valence-electron chi connectivity index (χ4n) is 3.56. The molecule has 2 aliphatic rings. The summed E-state index contributed by atoms with van der Waals surface area (Å²) >= 11 is 0. The van der Waals surface area contributed by atoms with Crippen molar-refractivity contribution in [1.82, 2.24) is 10.2 Å². The van der Waals surface area contributed by atoms with Crippen LogP contribution in [0.1, 0.15) is 48.0 Å². The number of hydrogen-bond donors (Lipinski definition) is 1. The minimum absolute atomic E-state index is 0.191. The molecule has 3 heteroatoms. The largest absolute Gasteiger partial charge is 0.337 e. The molecule has 1 amide bonds. The summed E-state index contributed by atoms with van der Waals surface area (Å²) in [5, 5.41) is 3.69. The maximum atomic E-state index is 12.6. The third-order valence-corrected chi connectivity index (χ3v) is 4.74. The molecule has 1 aromatic rings. The van der Waals surface area contributed by atoms with Crippen LogP contribution in [-0.4, -0.2) is 36.0 Å². The highest BCUT2D eigenvalue weighted by Crippen LogP contribution is 2.29. The minimum Gasteiger partial charge on any atom is -0.337 e. The van der Waals surface area contributed by atoms with Crippen molar-refractivity contribution in [3.05, 3.63) is 35.4 Å². The van der Waals surface area contributed by atoms with Crippen molar-refractivity contribution in [3.8, 4) is 0 Å². The zero-order valence-corrected chi connectivity index (χ0v) is 12.3. The number of amides is 1. The van der Waals surface area contributed by atoms with Gasteiger partial charge >= 0.3 is 0 Å². The molecule has 1 aromatic carbocycles. The first-order chi connectivity index (χ1) is 9.69. The van der Waals surface area contributed by atoms with E-state index in [0.717, 1.165) is 31.6 Å². The van der Waals surface area contributed by atoms with E-state index < -0.39 is 0 Å². The maximum Gasteiger partial charge on any atom is 0.253 e. The third kappa shape index (κ3) is 2.73. The first-order valence-electron chi connectivity index (χ1n) is 7.80. The van der Waals surface area contributed by atoms with Crippen molar-refractivity contribution in [1.29, 1.82) is 0 Å². The highest BCUT2D eigenvalue weighted by atomic mass is 16.2. The Morgan fingerprint density at radius 2 is 1.90 bits per heavy atom. The van der Waals surface area contributed by atoms with E-state index in [-0.39, 0.29) is 11.4 Å². The van der Waals surface area contributed by atoms with Crippen molar-refractivity contribution in [2.75, 3.05) is 19.6 Å². The van der Waals surface area contributed by atoms with Crippen LogP contribution in [0.4, 0.5) is 0 Å². The van der Waals surface area contributed by atoms with E-state index in [4.69, 9.17) is 0 Å². The maximum absolute atomic E-state index is 12.6. The minimum atomic E-state index is 0.191. The summed E-state index contributed by atoms with van der Waals surface area (Å²) in [5.74, 6) is 0.191. The van der Waals surface area contributed by atoms with Crippen LogP contribution in [0.3, 0.4) is 0 Å². The number of carbonyl (C=O) groups is 1. The molecule has 0 aliphatic carbocycles. The van der Waals surface area contributed by atoms with Gasteiger partial charge in [0.1, 0.15) is 0 Å². The number of rotatable bonds is 1. The Morgan fingerprint density at radius 1 is 1.15 bits per heavy atom. The van der Waals surface area contributed by atoms with Gasteiger partial charge in [-0.2, -0.15) is 0 Å². The Kier molecular flexibility index (Phi) is 3.79. The Balaban J connectivity index is 1.73. The molecule has 3 nitrogen and oxygen atoms in total. The lowest BCUT2D eigenvalue weighted by molar-refractivity contribution is 0.0555. The first kappa shape index (κ1) is 13.6. The van der Waals surface area contributed by atoms with Crippen LogP contribution in [0.15, 0.2) is 24.3 Å². The smallest absolute Gasteiger partial charge is 0.253 e. The molecular weight excluding hydrogens is 248 g/mol. The highest BCUT2D eigenvalue weighted by molar-refractivity contribution is 5.94. The number of piperidine rings is 2. The van der Waals surface area contributed by atoms with E-state index in [0.29, 0.717) is 0 Å². The summed E-state index contributed by atoms with van der Waals surface area (Å²) < 4.78 is 0. The number of nitrogens with one attached hydrogen (secondary N) is 1. The quantitative estimate of drug-likeness (QED) is 0.852. The van der Waals surface area contributed by atoms with Gasteiger partial charge in [-0.05, 0) is 51.3 Å². The average Bonchev–Trinajstić information content (AvgIpc) is 2.48. The summed E-state index contributed by atoms with van der Waals surface area (Å²) in [6.07, 6.45) is 6.10. The SMILES string of the molecule is Cc1ccc(C(=O)N2CCCC3(CCCCN3)C2)cc1. The normalized spacial score (nSPS) is 26.8. The molecule has 20 heavy (non-hydrogen) atoms. The van der Waals surface area contributed by atoms with Gasteiger partial charge in [-0.3, -0.25) is 4.79 Å². The Hall–Kier alpha value is -1.35. The van der Waals surface area contributed by atoms with Crippen LogP contribution in [0.2, 0.25) is 0 Å². The lowest BCUT2D eigenvalue weighted by Gasteiger charge is -2.46. The molecule has 2 heterocycles. The van der Waals surface area contributed by atoms with Crippen LogP contribution in [0, 0.1) is 6.92 Å². The molecule has 0 aromatic heterocycles. The van der Waals surface area contributed by atoms with Crippen molar-refractivity contribution in [2.45, 2.75) is 44.6 Å². The number of aryl methyl sites for hydroxylation is 1. The van der Waals surface area contributed by atoms with E-state index in [1.54, 1.807) is 0 Å². The van der Waals surface area contributed by atoms with E-state index in [1.165, 1.54) is 31.2 Å². The van der Waals surface area contributed by atoms with Crippen molar-refractivity contribution in [2.24, 2.45) is 0 Å². The number of carbonyl (C=O) groups excluding carboxylic acids is 1. The fraction of sp³-hybridized carbons (Fsp3) is 0.588. The van der Waals surface area contributed by atoms with Crippen molar-refractivity contribution in [3.63, 3.8) is 0 Å². The number of nitrogens with zero attached hydrogens (tertiary/aromatic N) is 1. The lowest BCUT2D eigenvalue weighted by atomic mass is 9.81. The Labute approximate surface area is 121 Å². The molecule has 2 aliphatic heterocycles. The van der Waals surface area contributed by atoms with Gasteiger partial charge in [0, 0.05) is 24.2 Å². The molecule has 2 saturated heterocycles. The van der Waals surface area contributed by atoms with Crippen LogP contribution >= 0.6 is 0 Å². The molecule has 0 saturated carbocycles. The second-order valence-corrected chi connectivity index (χ2v) is 6.36. The average molecular weight is 272 g/mol. The van der Waals surface area contributed by atoms with E-state index in [9.17, 15) is 4.79 Å². The van der Waals surface area contributed by atoms with Gasteiger partial charge in [0.2, 0.25) is 0 Å².